The maximum Gasteiger partial charge on any atom is 0.222 e. The summed E-state index contributed by atoms with van der Waals surface area (Å²) in [7, 11) is 0. The Kier molecular flexibility index (Phi) is 5.20. The molecule has 5 heteroatoms. The summed E-state index contributed by atoms with van der Waals surface area (Å²) >= 11 is 0. The van der Waals surface area contributed by atoms with Crippen molar-refractivity contribution in [3.8, 4) is 0 Å². The highest BCUT2D eigenvalue weighted by atomic mass is 16.3. The van der Waals surface area contributed by atoms with Gasteiger partial charge in [-0.1, -0.05) is 12.1 Å². The van der Waals surface area contributed by atoms with Gasteiger partial charge in [0.15, 0.2) is 0 Å². The Labute approximate surface area is 142 Å². The van der Waals surface area contributed by atoms with Crippen LogP contribution in [0.5, 0.6) is 0 Å². The molecule has 1 atom stereocenters. The summed E-state index contributed by atoms with van der Waals surface area (Å²) in [6.07, 6.45) is 1.92. The van der Waals surface area contributed by atoms with Crippen LogP contribution in [0.25, 0.3) is 0 Å². The number of rotatable bonds is 6. The Morgan fingerprint density at radius 2 is 2.04 bits per heavy atom. The normalized spacial score (nSPS) is 17.9. The standard InChI is InChI=1S/C19H25N3O2/c1-14-4-9-18(24-14)12-21-11-15-5-7-17(8-6-15)22-10-2-3-16(13-22)19(20)23/h4-9,16,21H,2-3,10-13H2,1H3,(H2,20,23). The lowest BCUT2D eigenvalue weighted by Gasteiger charge is -2.33. The first kappa shape index (κ1) is 16.6. The zero-order chi connectivity index (χ0) is 16.9. The highest BCUT2D eigenvalue weighted by Crippen LogP contribution is 2.23. The number of primary amides is 1. The highest BCUT2D eigenvalue weighted by molar-refractivity contribution is 5.77. The van der Waals surface area contributed by atoms with Gasteiger partial charge in [-0.05, 0) is 49.6 Å². The molecule has 0 radical (unpaired) electrons. The molecule has 0 saturated carbocycles. The number of carbonyl (C=O) groups is 1. The monoisotopic (exact) mass is 327 g/mol. The number of piperidine rings is 1. The van der Waals surface area contributed by atoms with Crippen LogP contribution in [0.1, 0.15) is 29.9 Å². The van der Waals surface area contributed by atoms with E-state index in [4.69, 9.17) is 10.2 Å². The lowest BCUT2D eigenvalue weighted by atomic mass is 9.97. The van der Waals surface area contributed by atoms with Gasteiger partial charge in [-0.3, -0.25) is 4.79 Å². The predicted molar refractivity (Wildman–Crippen MR) is 94.6 cm³/mol. The average Bonchev–Trinajstić information content (AvgIpc) is 3.01. The van der Waals surface area contributed by atoms with Crippen LogP contribution in [0.4, 0.5) is 5.69 Å². The number of amides is 1. The quantitative estimate of drug-likeness (QED) is 0.855. The van der Waals surface area contributed by atoms with Crippen molar-refractivity contribution in [3.05, 3.63) is 53.5 Å². The maximum absolute atomic E-state index is 11.4. The van der Waals surface area contributed by atoms with Gasteiger partial charge in [0.1, 0.15) is 11.5 Å². The summed E-state index contributed by atoms with van der Waals surface area (Å²) in [5, 5.41) is 3.38. The minimum absolute atomic E-state index is 0.0307. The molecule has 3 rings (SSSR count). The second-order valence-corrected chi connectivity index (χ2v) is 6.47. The number of carbonyl (C=O) groups excluding carboxylic acids is 1. The van der Waals surface area contributed by atoms with Crippen LogP contribution in [0.2, 0.25) is 0 Å². The van der Waals surface area contributed by atoms with E-state index in [0.717, 1.165) is 56.2 Å². The van der Waals surface area contributed by atoms with Crippen LogP contribution < -0.4 is 16.0 Å². The first-order chi connectivity index (χ1) is 11.6. The molecule has 1 aliphatic heterocycles. The third kappa shape index (κ3) is 4.17. The first-order valence-corrected chi connectivity index (χ1v) is 8.51. The number of furan rings is 1. The summed E-state index contributed by atoms with van der Waals surface area (Å²) in [5.41, 5.74) is 7.84. The van der Waals surface area contributed by atoms with E-state index in [9.17, 15) is 4.79 Å². The molecule has 24 heavy (non-hydrogen) atoms. The van der Waals surface area contributed by atoms with E-state index in [1.54, 1.807) is 0 Å². The molecule has 1 unspecified atom stereocenters. The lowest BCUT2D eigenvalue weighted by Crippen LogP contribution is -2.41. The van der Waals surface area contributed by atoms with Crippen LogP contribution in [-0.2, 0) is 17.9 Å². The highest BCUT2D eigenvalue weighted by Gasteiger charge is 2.23. The van der Waals surface area contributed by atoms with Crippen LogP contribution >= 0.6 is 0 Å². The van der Waals surface area contributed by atoms with E-state index >= 15 is 0 Å². The molecule has 0 spiro atoms. The maximum atomic E-state index is 11.4. The molecule has 3 N–H and O–H groups in total. The fraction of sp³-hybridized carbons (Fsp3) is 0.421. The van der Waals surface area contributed by atoms with Crippen LogP contribution in [0.15, 0.2) is 40.8 Å². The molecular formula is C19H25N3O2. The largest absolute Gasteiger partial charge is 0.465 e. The fourth-order valence-electron chi connectivity index (χ4n) is 3.18. The molecule has 5 nitrogen and oxygen atoms in total. The van der Waals surface area contributed by atoms with Crippen molar-refractivity contribution >= 4 is 11.6 Å². The van der Waals surface area contributed by atoms with Crippen molar-refractivity contribution in [3.63, 3.8) is 0 Å². The average molecular weight is 327 g/mol. The van der Waals surface area contributed by atoms with E-state index in [0.29, 0.717) is 0 Å². The van der Waals surface area contributed by atoms with Gasteiger partial charge in [0, 0.05) is 25.3 Å². The van der Waals surface area contributed by atoms with Crippen LogP contribution in [0, 0.1) is 12.8 Å². The van der Waals surface area contributed by atoms with Crippen molar-refractivity contribution < 1.29 is 9.21 Å². The third-order valence-electron chi connectivity index (χ3n) is 4.55. The summed E-state index contributed by atoms with van der Waals surface area (Å²) in [6, 6.07) is 12.5. The van der Waals surface area contributed by atoms with E-state index in [1.165, 1.54) is 5.56 Å². The van der Waals surface area contributed by atoms with Crippen LogP contribution in [-0.4, -0.2) is 19.0 Å². The number of nitrogens with two attached hydrogens (primary N) is 1. The Balaban J connectivity index is 1.52. The summed E-state index contributed by atoms with van der Waals surface area (Å²) in [5.74, 6) is 1.67. The first-order valence-electron chi connectivity index (χ1n) is 8.51. The molecule has 1 fully saturated rings. The second-order valence-electron chi connectivity index (χ2n) is 6.47. The smallest absolute Gasteiger partial charge is 0.222 e. The fourth-order valence-corrected chi connectivity index (χ4v) is 3.18. The Hall–Kier alpha value is -2.27. The van der Waals surface area contributed by atoms with Gasteiger partial charge < -0.3 is 20.4 Å². The zero-order valence-electron chi connectivity index (χ0n) is 14.1. The molecule has 2 aromatic rings. The van der Waals surface area contributed by atoms with Crippen molar-refractivity contribution in [2.24, 2.45) is 11.7 Å². The summed E-state index contributed by atoms with van der Waals surface area (Å²) in [6.45, 7) is 5.18. The molecule has 0 aliphatic carbocycles. The Bertz CT molecular complexity index is 678. The van der Waals surface area contributed by atoms with Gasteiger partial charge in [-0.2, -0.15) is 0 Å². The van der Waals surface area contributed by atoms with Crippen molar-refractivity contribution in [1.29, 1.82) is 0 Å². The van der Waals surface area contributed by atoms with Gasteiger partial charge in [0.05, 0.1) is 12.5 Å². The topological polar surface area (TPSA) is 71.5 Å². The van der Waals surface area contributed by atoms with Crippen molar-refractivity contribution in [2.45, 2.75) is 32.9 Å². The van der Waals surface area contributed by atoms with E-state index in [1.807, 2.05) is 19.1 Å². The van der Waals surface area contributed by atoms with E-state index < -0.39 is 0 Å². The number of anilines is 1. The predicted octanol–water partition coefficient (Wildman–Crippen LogP) is 2.58. The van der Waals surface area contributed by atoms with Crippen molar-refractivity contribution in [2.75, 3.05) is 18.0 Å². The second kappa shape index (κ2) is 7.53. The lowest BCUT2D eigenvalue weighted by molar-refractivity contribution is -0.122. The summed E-state index contributed by atoms with van der Waals surface area (Å²) < 4.78 is 5.54. The number of nitrogens with one attached hydrogen (secondary N) is 1. The number of hydrogen-bond acceptors (Lipinski definition) is 4. The minimum Gasteiger partial charge on any atom is -0.465 e. The van der Waals surface area contributed by atoms with Crippen molar-refractivity contribution in [1.82, 2.24) is 5.32 Å². The van der Waals surface area contributed by atoms with Gasteiger partial charge in [0.2, 0.25) is 5.91 Å². The molecule has 128 valence electrons. The van der Waals surface area contributed by atoms with E-state index in [-0.39, 0.29) is 11.8 Å². The van der Waals surface area contributed by atoms with Gasteiger partial charge in [0.25, 0.3) is 0 Å². The number of benzene rings is 1. The molecule has 2 heterocycles. The molecule has 1 aromatic heterocycles. The van der Waals surface area contributed by atoms with Gasteiger partial charge in [-0.15, -0.1) is 0 Å². The number of nitrogens with zero attached hydrogens (tertiary/aromatic N) is 1. The molecule has 1 aliphatic rings. The SMILES string of the molecule is Cc1ccc(CNCc2ccc(N3CCCC(C(N)=O)C3)cc2)o1. The minimum atomic E-state index is -0.186. The van der Waals surface area contributed by atoms with E-state index in [2.05, 4.69) is 34.5 Å². The zero-order valence-corrected chi connectivity index (χ0v) is 14.1. The molecule has 1 amide bonds. The molecule has 1 saturated heterocycles. The molecule has 0 bridgehead atoms. The van der Waals surface area contributed by atoms with Crippen LogP contribution in [0.3, 0.4) is 0 Å². The number of hydrogen-bond donors (Lipinski definition) is 2. The Morgan fingerprint density at radius 1 is 1.25 bits per heavy atom. The van der Waals surface area contributed by atoms with Gasteiger partial charge in [-0.25, -0.2) is 0 Å². The third-order valence-corrected chi connectivity index (χ3v) is 4.55. The Morgan fingerprint density at radius 3 is 2.71 bits per heavy atom. The summed E-state index contributed by atoms with van der Waals surface area (Å²) in [4.78, 5) is 13.7. The number of aryl methyl sites for hydroxylation is 1. The molecule has 1 aromatic carbocycles. The molecular weight excluding hydrogens is 302 g/mol. The van der Waals surface area contributed by atoms with Gasteiger partial charge >= 0.3 is 0 Å².